The molecule has 2 aliphatic heterocycles. The lowest BCUT2D eigenvalue weighted by Gasteiger charge is -2.34. The number of phosphoric ester groups is 1. The van der Waals surface area contributed by atoms with E-state index in [0.717, 1.165) is 0 Å². The predicted octanol–water partition coefficient (Wildman–Crippen LogP) is 4.12. The number of benzene rings is 1. The number of ether oxygens (including phenoxy) is 1. The molecule has 1 fully saturated rings. The Bertz CT molecular complexity index is 1160. The van der Waals surface area contributed by atoms with Crippen LogP contribution in [-0.4, -0.2) is 34.3 Å². The highest BCUT2D eigenvalue weighted by molar-refractivity contribution is 7.71. The Balaban J connectivity index is 0.00000141. The number of hydrogen-bond donors (Lipinski definition) is 2. The summed E-state index contributed by atoms with van der Waals surface area (Å²) in [6.07, 6.45) is 0.585. The minimum Gasteiger partial charge on any atom is -0.404 e. The third kappa shape index (κ3) is 5.36. The number of aromatic amines is 1. The molecule has 4 unspecified atom stereocenters. The summed E-state index contributed by atoms with van der Waals surface area (Å²) in [4.78, 5) is 14.2. The average molecular weight is 501 g/mol. The van der Waals surface area contributed by atoms with Crippen molar-refractivity contribution >= 4 is 39.5 Å². The summed E-state index contributed by atoms with van der Waals surface area (Å²) in [5.41, 5.74) is -1.73. The molecular formula is C19H23BClN2O7PS. The first-order valence-electron chi connectivity index (χ1n) is 9.98. The lowest BCUT2D eigenvalue weighted by atomic mass is 9.88. The van der Waals surface area contributed by atoms with Gasteiger partial charge in [0.2, 0.25) is 0 Å². The molecule has 0 saturated carbocycles. The normalized spacial score (nSPS) is 26.3. The van der Waals surface area contributed by atoms with Gasteiger partial charge in [-0.1, -0.05) is 25.4 Å². The van der Waals surface area contributed by atoms with Crippen LogP contribution in [0.2, 0.25) is 5.02 Å². The van der Waals surface area contributed by atoms with Gasteiger partial charge in [-0.05, 0) is 50.2 Å². The number of H-pyrrole nitrogens is 1. The third-order valence-electron chi connectivity index (χ3n) is 4.78. The molecule has 32 heavy (non-hydrogen) atoms. The summed E-state index contributed by atoms with van der Waals surface area (Å²) in [5.74, 6) is 0.255. The standard InChI is InChI=1S/C17H17BClN2O7PS.C2H6/c1-9-7-21(16(30)20-15(9)22)14-5-4-13(26-14)17(18,23)28-29(24)25-8-10-6-11(19)2-3-12(10)27-29;1-2/h2-3,6-7,13-14,23H,4-5,8H2,1H3,(H,20,22,30);1-2H3. The van der Waals surface area contributed by atoms with E-state index in [0.29, 0.717) is 22.6 Å². The first-order chi connectivity index (χ1) is 15.1. The average Bonchev–Trinajstić information content (AvgIpc) is 3.23. The number of nitrogens with zero attached hydrogens (tertiary/aromatic N) is 1. The quantitative estimate of drug-likeness (QED) is 0.279. The Morgan fingerprint density at radius 1 is 1.41 bits per heavy atom. The first-order valence-corrected chi connectivity index (χ1v) is 12.2. The lowest BCUT2D eigenvalue weighted by molar-refractivity contribution is -0.176. The molecule has 1 aromatic heterocycles. The van der Waals surface area contributed by atoms with Gasteiger partial charge in [-0.15, -0.1) is 0 Å². The molecule has 0 bridgehead atoms. The number of aryl methyl sites for hydroxylation is 1. The van der Waals surface area contributed by atoms with E-state index in [1.165, 1.54) is 6.07 Å². The Morgan fingerprint density at radius 3 is 2.84 bits per heavy atom. The molecule has 0 spiro atoms. The summed E-state index contributed by atoms with van der Waals surface area (Å²) in [6, 6.07) is 4.69. The highest BCUT2D eigenvalue weighted by Gasteiger charge is 2.47. The Labute approximate surface area is 196 Å². The molecule has 2 radical (unpaired) electrons. The molecule has 2 N–H and O–H groups in total. The van der Waals surface area contributed by atoms with E-state index in [1.807, 2.05) is 13.8 Å². The van der Waals surface area contributed by atoms with E-state index in [9.17, 15) is 14.5 Å². The van der Waals surface area contributed by atoms with Crippen LogP contribution in [0, 0.1) is 11.7 Å². The number of hydrogen-bond acceptors (Lipinski definition) is 8. The highest BCUT2D eigenvalue weighted by atomic mass is 35.5. The number of rotatable bonds is 4. The SMILES string of the molecule is CC.[B]C(O)(OP1(=O)OCc2cc(Cl)ccc2O1)C1CCC(n2cc(C)c(=O)[nH]c2=S)O1. The molecule has 9 nitrogen and oxygen atoms in total. The van der Waals surface area contributed by atoms with Crippen LogP contribution in [0.4, 0.5) is 0 Å². The molecule has 2 aromatic rings. The van der Waals surface area contributed by atoms with E-state index >= 15 is 0 Å². The predicted molar refractivity (Wildman–Crippen MR) is 121 cm³/mol. The second-order valence-electron chi connectivity index (χ2n) is 7.04. The van der Waals surface area contributed by atoms with Gasteiger partial charge in [-0.2, -0.15) is 0 Å². The summed E-state index contributed by atoms with van der Waals surface area (Å²) in [7, 11) is 1.65. The molecule has 4 rings (SSSR count). The van der Waals surface area contributed by atoms with Crippen molar-refractivity contribution in [2.45, 2.75) is 58.2 Å². The van der Waals surface area contributed by atoms with Gasteiger partial charge in [-0.25, -0.2) is 4.57 Å². The Morgan fingerprint density at radius 2 is 2.12 bits per heavy atom. The van der Waals surface area contributed by atoms with Crippen LogP contribution in [0.1, 0.15) is 44.0 Å². The molecule has 172 valence electrons. The molecule has 4 atom stereocenters. The maximum atomic E-state index is 12.9. The third-order valence-corrected chi connectivity index (χ3v) is 6.71. The maximum Gasteiger partial charge on any atom is 0.532 e. The fraction of sp³-hybridized carbons (Fsp3) is 0.474. The van der Waals surface area contributed by atoms with Crippen LogP contribution in [-0.2, 0) is 25.0 Å². The summed E-state index contributed by atoms with van der Waals surface area (Å²) in [5, 5.41) is 11.1. The van der Waals surface area contributed by atoms with Crippen molar-refractivity contribution in [3.05, 3.63) is 55.7 Å². The summed E-state index contributed by atoms with van der Waals surface area (Å²) >= 11 is 11.1. The van der Waals surface area contributed by atoms with Crippen molar-refractivity contribution in [3.8, 4) is 5.75 Å². The van der Waals surface area contributed by atoms with Crippen molar-refractivity contribution in [1.29, 1.82) is 0 Å². The minimum atomic E-state index is -4.22. The van der Waals surface area contributed by atoms with E-state index in [2.05, 4.69) is 4.98 Å². The number of halogens is 1. The van der Waals surface area contributed by atoms with Crippen LogP contribution < -0.4 is 10.1 Å². The number of phosphoric acid groups is 1. The second kappa shape index (κ2) is 9.81. The molecular weight excluding hydrogens is 478 g/mol. The van der Waals surface area contributed by atoms with Crippen LogP contribution >= 0.6 is 31.6 Å². The molecule has 1 aromatic carbocycles. The molecule has 1 saturated heterocycles. The number of fused-ring (bicyclic) bond motifs is 1. The second-order valence-corrected chi connectivity index (χ2v) is 9.38. The fourth-order valence-electron chi connectivity index (χ4n) is 3.26. The smallest absolute Gasteiger partial charge is 0.404 e. The van der Waals surface area contributed by atoms with E-state index in [4.69, 9.17) is 50.0 Å². The lowest BCUT2D eigenvalue weighted by Crippen LogP contribution is -2.45. The van der Waals surface area contributed by atoms with Gasteiger partial charge in [0.15, 0.2) is 18.3 Å². The van der Waals surface area contributed by atoms with Crippen LogP contribution in [0.25, 0.3) is 0 Å². The zero-order chi connectivity index (χ0) is 23.7. The molecule has 0 aliphatic carbocycles. The van der Waals surface area contributed by atoms with Crippen LogP contribution in [0.15, 0.2) is 29.2 Å². The summed E-state index contributed by atoms with van der Waals surface area (Å²) in [6.45, 7) is 5.54. The molecule has 3 heterocycles. The van der Waals surface area contributed by atoms with Gasteiger partial charge in [-0.3, -0.25) is 23.4 Å². The highest BCUT2D eigenvalue weighted by Crippen LogP contribution is 2.57. The van der Waals surface area contributed by atoms with Gasteiger partial charge in [0.05, 0.1) is 6.61 Å². The Kier molecular flexibility index (Phi) is 7.71. The number of nitrogens with one attached hydrogen (secondary N) is 1. The molecule has 13 heteroatoms. The van der Waals surface area contributed by atoms with Crippen molar-refractivity contribution in [3.63, 3.8) is 0 Å². The van der Waals surface area contributed by atoms with Crippen molar-refractivity contribution in [2.75, 3.05) is 0 Å². The molecule has 2 aliphatic rings. The molecule has 0 amide bonds. The van der Waals surface area contributed by atoms with Gasteiger partial charge in [0.1, 0.15) is 18.1 Å². The zero-order valence-corrected chi connectivity index (χ0v) is 20.2. The van der Waals surface area contributed by atoms with Crippen molar-refractivity contribution in [1.82, 2.24) is 9.55 Å². The van der Waals surface area contributed by atoms with Gasteiger partial charge in [0.25, 0.3) is 5.56 Å². The van der Waals surface area contributed by atoms with Crippen molar-refractivity contribution < 1.29 is 28.0 Å². The largest absolute Gasteiger partial charge is 0.532 e. The van der Waals surface area contributed by atoms with E-state index < -0.39 is 25.8 Å². The topological polar surface area (TPSA) is 112 Å². The van der Waals surface area contributed by atoms with Gasteiger partial charge in [0, 0.05) is 22.3 Å². The number of aromatic nitrogens is 2. The van der Waals surface area contributed by atoms with E-state index in [-0.39, 0.29) is 29.1 Å². The summed E-state index contributed by atoms with van der Waals surface area (Å²) < 4.78 is 36.1. The fourth-order valence-corrected chi connectivity index (χ4v) is 5.05. The van der Waals surface area contributed by atoms with Gasteiger partial charge < -0.3 is 14.4 Å². The monoisotopic (exact) mass is 500 g/mol. The van der Waals surface area contributed by atoms with Crippen LogP contribution in [0.5, 0.6) is 5.75 Å². The van der Waals surface area contributed by atoms with Gasteiger partial charge >= 0.3 is 7.82 Å². The maximum absolute atomic E-state index is 12.9. The van der Waals surface area contributed by atoms with E-state index in [1.54, 1.807) is 29.8 Å². The van der Waals surface area contributed by atoms with Crippen molar-refractivity contribution in [2.24, 2.45) is 0 Å². The minimum absolute atomic E-state index is 0.0940. The Hall–Kier alpha value is -1.46. The number of aliphatic hydroxyl groups is 1. The first kappa shape index (κ1) is 25.2. The zero-order valence-electron chi connectivity index (χ0n) is 17.7. The van der Waals surface area contributed by atoms with Crippen LogP contribution in [0.3, 0.4) is 0 Å².